The van der Waals surface area contributed by atoms with Crippen LogP contribution < -0.4 is 5.32 Å². The molecule has 6 heteroatoms. The largest absolute Gasteiger partial charge is 0.351 e. The lowest BCUT2D eigenvalue weighted by Crippen LogP contribution is -2.31. The van der Waals surface area contributed by atoms with Crippen LogP contribution >= 0.6 is 0 Å². The fourth-order valence-corrected chi connectivity index (χ4v) is 2.65. The van der Waals surface area contributed by atoms with Crippen molar-refractivity contribution in [3.63, 3.8) is 0 Å². The minimum atomic E-state index is -0.220. The Labute approximate surface area is 129 Å². The lowest BCUT2D eigenvalue weighted by atomic mass is 10.1. The van der Waals surface area contributed by atoms with Gasteiger partial charge in [-0.2, -0.15) is 0 Å². The molecule has 1 fully saturated rings. The summed E-state index contributed by atoms with van der Waals surface area (Å²) in [6.45, 7) is 4.22. The summed E-state index contributed by atoms with van der Waals surface area (Å²) < 4.78 is 7.14. The van der Waals surface area contributed by atoms with Crippen LogP contribution in [0.25, 0.3) is 0 Å². The van der Waals surface area contributed by atoms with Crippen LogP contribution in [0.2, 0.25) is 0 Å². The molecule has 0 saturated heterocycles. The number of hydrogen-bond acceptors (Lipinski definition) is 4. The first-order valence-corrected chi connectivity index (χ1v) is 7.78. The number of carbonyl (C=O) groups excluding carboxylic acids is 1. The number of aryl methyl sites for hydroxylation is 1. The van der Waals surface area contributed by atoms with Crippen LogP contribution in [0, 0.1) is 11.8 Å². The SMILES string of the molecule is CC(C)Cc1cc(C(=O)N[C@@H](c2nccn2C)C2CC2)on1. The second-order valence-electron chi connectivity index (χ2n) is 6.47. The maximum Gasteiger partial charge on any atom is 0.290 e. The summed E-state index contributed by atoms with van der Waals surface area (Å²) in [6.07, 6.45) is 6.69. The summed E-state index contributed by atoms with van der Waals surface area (Å²) in [5, 5.41) is 7.02. The van der Waals surface area contributed by atoms with E-state index in [9.17, 15) is 4.79 Å². The number of rotatable bonds is 6. The van der Waals surface area contributed by atoms with Gasteiger partial charge < -0.3 is 14.4 Å². The van der Waals surface area contributed by atoms with Crippen LogP contribution in [0.15, 0.2) is 23.0 Å². The number of aromatic nitrogens is 3. The maximum atomic E-state index is 12.4. The molecule has 1 N–H and O–H groups in total. The summed E-state index contributed by atoms with van der Waals surface area (Å²) in [5.41, 5.74) is 0.820. The van der Waals surface area contributed by atoms with Gasteiger partial charge >= 0.3 is 0 Å². The third-order valence-corrected chi connectivity index (χ3v) is 3.92. The highest BCUT2D eigenvalue weighted by atomic mass is 16.5. The van der Waals surface area contributed by atoms with Crippen LogP contribution in [-0.2, 0) is 13.5 Å². The Morgan fingerprint density at radius 1 is 1.50 bits per heavy atom. The molecule has 0 bridgehead atoms. The second kappa shape index (κ2) is 5.94. The molecule has 0 aliphatic heterocycles. The van der Waals surface area contributed by atoms with Crippen LogP contribution in [0.1, 0.15) is 54.8 Å². The fraction of sp³-hybridized carbons (Fsp3) is 0.562. The van der Waals surface area contributed by atoms with E-state index in [1.165, 1.54) is 0 Å². The van der Waals surface area contributed by atoms with E-state index in [4.69, 9.17) is 4.52 Å². The molecule has 1 aliphatic carbocycles. The summed E-state index contributed by atoms with van der Waals surface area (Å²) >= 11 is 0. The minimum Gasteiger partial charge on any atom is -0.351 e. The van der Waals surface area contributed by atoms with Gasteiger partial charge in [-0.25, -0.2) is 4.98 Å². The normalized spacial score (nSPS) is 16.0. The van der Waals surface area contributed by atoms with Crippen molar-refractivity contribution in [3.8, 4) is 0 Å². The molecular formula is C16H22N4O2. The highest BCUT2D eigenvalue weighted by Crippen LogP contribution is 2.40. The molecule has 22 heavy (non-hydrogen) atoms. The number of carbonyl (C=O) groups is 1. The molecule has 1 aliphatic rings. The lowest BCUT2D eigenvalue weighted by Gasteiger charge is -2.17. The molecule has 6 nitrogen and oxygen atoms in total. The first-order chi connectivity index (χ1) is 10.5. The molecule has 118 valence electrons. The van der Waals surface area contributed by atoms with E-state index in [0.717, 1.165) is 30.8 Å². The van der Waals surface area contributed by atoms with E-state index in [-0.39, 0.29) is 17.7 Å². The number of nitrogens with zero attached hydrogens (tertiary/aromatic N) is 3. The Morgan fingerprint density at radius 3 is 2.86 bits per heavy atom. The smallest absolute Gasteiger partial charge is 0.290 e. The lowest BCUT2D eigenvalue weighted by molar-refractivity contribution is 0.0891. The summed E-state index contributed by atoms with van der Waals surface area (Å²) in [6, 6.07) is 1.67. The van der Waals surface area contributed by atoms with E-state index in [1.54, 1.807) is 12.3 Å². The Hall–Kier alpha value is -2.11. The highest BCUT2D eigenvalue weighted by molar-refractivity contribution is 5.91. The number of hydrogen-bond donors (Lipinski definition) is 1. The van der Waals surface area contributed by atoms with Gasteiger partial charge in [-0.1, -0.05) is 19.0 Å². The third kappa shape index (κ3) is 3.21. The highest BCUT2D eigenvalue weighted by Gasteiger charge is 2.36. The molecule has 3 rings (SSSR count). The first-order valence-electron chi connectivity index (χ1n) is 7.78. The quantitative estimate of drug-likeness (QED) is 0.889. The molecule has 0 radical (unpaired) electrons. The molecule has 2 aromatic rings. The van der Waals surface area contributed by atoms with E-state index >= 15 is 0 Å². The predicted octanol–water partition coefficient (Wildman–Crippen LogP) is 2.49. The average Bonchev–Trinajstić information content (AvgIpc) is 3.05. The summed E-state index contributed by atoms with van der Waals surface area (Å²) in [4.78, 5) is 16.8. The van der Waals surface area contributed by atoms with Crippen LogP contribution in [0.3, 0.4) is 0 Å². The van der Waals surface area contributed by atoms with Crippen molar-refractivity contribution in [3.05, 3.63) is 35.7 Å². The van der Waals surface area contributed by atoms with Crippen LogP contribution in [0.4, 0.5) is 0 Å². The van der Waals surface area contributed by atoms with Crippen molar-refractivity contribution in [1.29, 1.82) is 0 Å². The Kier molecular flexibility index (Phi) is 4.00. The summed E-state index contributed by atoms with van der Waals surface area (Å²) in [5.74, 6) is 1.88. The van der Waals surface area contributed by atoms with E-state index in [0.29, 0.717) is 11.8 Å². The number of imidazole rings is 1. The minimum absolute atomic E-state index is 0.0638. The van der Waals surface area contributed by atoms with Crippen molar-refractivity contribution in [2.45, 2.75) is 39.2 Å². The van der Waals surface area contributed by atoms with E-state index in [2.05, 4.69) is 29.3 Å². The van der Waals surface area contributed by atoms with Crippen molar-refractivity contribution >= 4 is 5.91 Å². The fourth-order valence-electron chi connectivity index (χ4n) is 2.65. The van der Waals surface area contributed by atoms with Gasteiger partial charge in [-0.15, -0.1) is 0 Å². The molecule has 0 aromatic carbocycles. The van der Waals surface area contributed by atoms with Gasteiger partial charge in [0, 0.05) is 25.5 Å². The molecule has 1 amide bonds. The predicted molar refractivity (Wildman–Crippen MR) is 81.2 cm³/mol. The number of amides is 1. The Balaban J connectivity index is 1.72. The van der Waals surface area contributed by atoms with E-state index in [1.807, 2.05) is 17.8 Å². The van der Waals surface area contributed by atoms with Crippen LogP contribution in [-0.4, -0.2) is 20.6 Å². The molecule has 2 aromatic heterocycles. The zero-order valence-electron chi connectivity index (χ0n) is 13.2. The van der Waals surface area contributed by atoms with Gasteiger partial charge in [-0.05, 0) is 31.1 Å². The summed E-state index contributed by atoms with van der Waals surface area (Å²) in [7, 11) is 1.94. The number of nitrogens with one attached hydrogen (secondary N) is 1. The van der Waals surface area contributed by atoms with Crippen LogP contribution in [0.5, 0.6) is 0 Å². The monoisotopic (exact) mass is 302 g/mol. The average molecular weight is 302 g/mol. The van der Waals surface area contributed by atoms with Gasteiger partial charge in [0.05, 0.1) is 11.7 Å². The first kappa shape index (κ1) is 14.8. The van der Waals surface area contributed by atoms with Crippen molar-refractivity contribution in [2.75, 3.05) is 0 Å². The Bertz CT molecular complexity index is 655. The van der Waals surface area contributed by atoms with Crippen molar-refractivity contribution < 1.29 is 9.32 Å². The van der Waals surface area contributed by atoms with Gasteiger partial charge in [-0.3, -0.25) is 4.79 Å². The van der Waals surface area contributed by atoms with Crippen molar-refractivity contribution in [1.82, 2.24) is 20.0 Å². The molecule has 1 saturated carbocycles. The Morgan fingerprint density at radius 2 is 2.27 bits per heavy atom. The molecule has 0 spiro atoms. The molecule has 1 atom stereocenters. The molecule has 0 unspecified atom stereocenters. The third-order valence-electron chi connectivity index (χ3n) is 3.92. The van der Waals surface area contributed by atoms with Gasteiger partial charge in [0.15, 0.2) is 0 Å². The second-order valence-corrected chi connectivity index (χ2v) is 6.47. The van der Waals surface area contributed by atoms with Gasteiger partial charge in [0.25, 0.3) is 5.91 Å². The van der Waals surface area contributed by atoms with Crippen molar-refractivity contribution in [2.24, 2.45) is 18.9 Å². The topological polar surface area (TPSA) is 73.0 Å². The van der Waals surface area contributed by atoms with Gasteiger partial charge in [0.2, 0.25) is 5.76 Å². The maximum absolute atomic E-state index is 12.4. The van der Waals surface area contributed by atoms with E-state index < -0.39 is 0 Å². The zero-order valence-corrected chi connectivity index (χ0v) is 13.2. The molecular weight excluding hydrogens is 280 g/mol. The zero-order chi connectivity index (χ0) is 15.7. The standard InChI is InChI=1S/C16H22N4O2/c1-10(2)8-12-9-13(22-19-12)16(21)18-14(11-4-5-11)15-17-6-7-20(15)3/h6-7,9-11,14H,4-5,8H2,1-3H3,(H,18,21)/t14-/m1/s1. The van der Waals surface area contributed by atoms with Gasteiger partial charge in [0.1, 0.15) is 5.82 Å². The molecule has 2 heterocycles.